The van der Waals surface area contributed by atoms with Crippen molar-refractivity contribution >= 4 is 27.5 Å². The number of nitrogens with one attached hydrogen (secondary N) is 1. The molecule has 4 heteroatoms. The number of nitrogens with zero attached hydrogens (tertiary/aromatic N) is 1. The van der Waals surface area contributed by atoms with Crippen molar-refractivity contribution in [3.05, 3.63) is 64.1 Å². The molecular formula is C17H13BrN2O. The van der Waals surface area contributed by atoms with E-state index < -0.39 is 5.41 Å². The number of anilines is 1. The van der Waals surface area contributed by atoms with E-state index in [0.717, 1.165) is 22.9 Å². The van der Waals surface area contributed by atoms with Crippen molar-refractivity contribution in [2.24, 2.45) is 0 Å². The van der Waals surface area contributed by atoms with E-state index in [-0.39, 0.29) is 5.91 Å². The van der Waals surface area contributed by atoms with Crippen LogP contribution in [-0.4, -0.2) is 5.91 Å². The van der Waals surface area contributed by atoms with Crippen LogP contribution >= 0.6 is 15.9 Å². The average molecular weight is 341 g/mol. The lowest BCUT2D eigenvalue weighted by molar-refractivity contribution is -0.118. The van der Waals surface area contributed by atoms with Crippen LogP contribution < -0.4 is 5.32 Å². The van der Waals surface area contributed by atoms with E-state index in [9.17, 15) is 4.79 Å². The number of carbonyl (C=O) groups is 1. The number of amides is 1. The summed E-state index contributed by atoms with van der Waals surface area (Å²) in [7, 11) is 0. The molecule has 0 spiro atoms. The Labute approximate surface area is 131 Å². The number of hydrogen-bond donors (Lipinski definition) is 1. The van der Waals surface area contributed by atoms with Gasteiger partial charge in [-0.15, -0.1) is 0 Å². The van der Waals surface area contributed by atoms with Gasteiger partial charge in [0, 0.05) is 10.2 Å². The van der Waals surface area contributed by atoms with Gasteiger partial charge in [0.05, 0.1) is 17.0 Å². The third-order valence-corrected chi connectivity index (χ3v) is 4.30. The van der Waals surface area contributed by atoms with Crippen LogP contribution in [0.4, 0.5) is 5.69 Å². The number of rotatable bonds is 3. The molecule has 0 atom stereocenters. The molecule has 0 radical (unpaired) electrons. The minimum atomic E-state index is -0.424. The second kappa shape index (κ2) is 5.34. The molecule has 1 amide bonds. The van der Waals surface area contributed by atoms with Crippen LogP contribution in [0.1, 0.15) is 24.0 Å². The van der Waals surface area contributed by atoms with Crippen LogP contribution in [0.5, 0.6) is 0 Å². The summed E-state index contributed by atoms with van der Waals surface area (Å²) in [6.45, 7) is 0. The van der Waals surface area contributed by atoms with Crippen molar-refractivity contribution in [3.8, 4) is 6.07 Å². The standard InChI is InChI=1S/C17H13BrN2O/c18-14-5-2-4-13(10-14)17(7-8-17)16(21)20-15-6-1-3-12(9-15)11-19/h1-6,9-10H,7-8H2,(H,20,21). The predicted molar refractivity (Wildman–Crippen MR) is 84.8 cm³/mol. The topological polar surface area (TPSA) is 52.9 Å². The second-order valence-electron chi connectivity index (χ2n) is 5.24. The summed E-state index contributed by atoms with van der Waals surface area (Å²) in [6, 6.07) is 16.9. The number of benzene rings is 2. The Kier molecular flexibility index (Phi) is 3.52. The van der Waals surface area contributed by atoms with E-state index in [4.69, 9.17) is 5.26 Å². The van der Waals surface area contributed by atoms with Crippen molar-refractivity contribution in [2.75, 3.05) is 5.32 Å². The Morgan fingerprint density at radius 2 is 1.95 bits per heavy atom. The fourth-order valence-electron chi connectivity index (χ4n) is 2.48. The third-order valence-electron chi connectivity index (χ3n) is 3.81. The van der Waals surface area contributed by atoms with Gasteiger partial charge in [-0.1, -0.05) is 34.1 Å². The molecule has 3 rings (SSSR count). The molecule has 0 aliphatic heterocycles. The molecule has 21 heavy (non-hydrogen) atoms. The molecule has 1 aliphatic rings. The van der Waals surface area contributed by atoms with Gasteiger partial charge in [-0.2, -0.15) is 5.26 Å². The first-order valence-corrected chi connectivity index (χ1v) is 7.51. The van der Waals surface area contributed by atoms with Crippen molar-refractivity contribution in [1.29, 1.82) is 5.26 Å². The summed E-state index contributed by atoms with van der Waals surface area (Å²) in [5.41, 5.74) is 1.82. The molecule has 1 fully saturated rings. The lowest BCUT2D eigenvalue weighted by Gasteiger charge is -2.16. The molecule has 0 aromatic heterocycles. The molecule has 0 heterocycles. The van der Waals surface area contributed by atoms with Crippen LogP contribution in [0.3, 0.4) is 0 Å². The molecule has 2 aromatic carbocycles. The first-order chi connectivity index (χ1) is 10.1. The minimum absolute atomic E-state index is 0.00399. The SMILES string of the molecule is N#Cc1cccc(NC(=O)C2(c3cccc(Br)c3)CC2)c1. The van der Waals surface area contributed by atoms with Crippen molar-refractivity contribution in [2.45, 2.75) is 18.3 Å². The Hall–Kier alpha value is -2.12. The van der Waals surface area contributed by atoms with Crippen molar-refractivity contribution in [1.82, 2.24) is 0 Å². The van der Waals surface area contributed by atoms with E-state index in [1.807, 2.05) is 24.3 Å². The van der Waals surface area contributed by atoms with E-state index in [1.54, 1.807) is 24.3 Å². The molecule has 3 nitrogen and oxygen atoms in total. The first-order valence-electron chi connectivity index (χ1n) is 6.72. The molecular weight excluding hydrogens is 328 g/mol. The fraction of sp³-hybridized carbons (Fsp3) is 0.176. The van der Waals surface area contributed by atoms with E-state index in [1.165, 1.54) is 0 Å². The van der Waals surface area contributed by atoms with E-state index >= 15 is 0 Å². The molecule has 2 aromatic rings. The smallest absolute Gasteiger partial charge is 0.235 e. The van der Waals surface area contributed by atoms with Gasteiger partial charge < -0.3 is 5.32 Å². The number of carbonyl (C=O) groups excluding carboxylic acids is 1. The number of hydrogen-bond acceptors (Lipinski definition) is 2. The maximum Gasteiger partial charge on any atom is 0.235 e. The van der Waals surface area contributed by atoms with E-state index in [2.05, 4.69) is 27.3 Å². The third kappa shape index (κ3) is 2.70. The molecule has 0 saturated heterocycles. The molecule has 1 N–H and O–H groups in total. The predicted octanol–water partition coefficient (Wildman–Crippen LogP) is 3.99. The van der Waals surface area contributed by atoms with Gasteiger partial charge in [0.2, 0.25) is 5.91 Å². The van der Waals surface area contributed by atoms with Crippen molar-refractivity contribution in [3.63, 3.8) is 0 Å². The Morgan fingerprint density at radius 1 is 1.19 bits per heavy atom. The van der Waals surface area contributed by atoms with Gasteiger partial charge in [-0.25, -0.2) is 0 Å². The highest BCUT2D eigenvalue weighted by molar-refractivity contribution is 9.10. The average Bonchev–Trinajstić information content (AvgIpc) is 3.29. The molecule has 1 aliphatic carbocycles. The zero-order valence-corrected chi connectivity index (χ0v) is 12.9. The first kappa shape index (κ1) is 13.8. The monoisotopic (exact) mass is 340 g/mol. The van der Waals surface area contributed by atoms with E-state index in [0.29, 0.717) is 11.3 Å². The lowest BCUT2D eigenvalue weighted by Crippen LogP contribution is -2.27. The Balaban J connectivity index is 1.84. The van der Waals surface area contributed by atoms with Crippen LogP contribution in [0.15, 0.2) is 53.0 Å². The van der Waals surface area contributed by atoms with Gasteiger partial charge in [-0.3, -0.25) is 4.79 Å². The molecule has 104 valence electrons. The normalized spacial score (nSPS) is 15.0. The Morgan fingerprint density at radius 3 is 2.62 bits per heavy atom. The quantitative estimate of drug-likeness (QED) is 0.918. The molecule has 0 bridgehead atoms. The zero-order chi connectivity index (χ0) is 14.9. The Bertz CT molecular complexity index is 744. The summed E-state index contributed by atoms with van der Waals surface area (Å²) < 4.78 is 0.977. The van der Waals surface area contributed by atoms with Gasteiger partial charge in [0.1, 0.15) is 0 Å². The zero-order valence-electron chi connectivity index (χ0n) is 11.3. The van der Waals surface area contributed by atoms with Gasteiger partial charge in [-0.05, 0) is 48.7 Å². The fourth-order valence-corrected chi connectivity index (χ4v) is 2.87. The molecule has 0 unspecified atom stereocenters. The maximum absolute atomic E-state index is 12.6. The van der Waals surface area contributed by atoms with Gasteiger partial charge in [0.15, 0.2) is 0 Å². The largest absolute Gasteiger partial charge is 0.325 e. The summed E-state index contributed by atoms with van der Waals surface area (Å²) in [4.78, 5) is 12.6. The summed E-state index contributed by atoms with van der Waals surface area (Å²) >= 11 is 3.45. The summed E-state index contributed by atoms with van der Waals surface area (Å²) in [5.74, 6) is -0.00399. The minimum Gasteiger partial charge on any atom is -0.325 e. The highest BCUT2D eigenvalue weighted by Crippen LogP contribution is 2.49. The lowest BCUT2D eigenvalue weighted by atomic mass is 9.95. The van der Waals surface area contributed by atoms with Gasteiger partial charge >= 0.3 is 0 Å². The highest BCUT2D eigenvalue weighted by Gasteiger charge is 2.51. The number of nitriles is 1. The van der Waals surface area contributed by atoms with Gasteiger partial charge in [0.25, 0.3) is 0 Å². The maximum atomic E-state index is 12.6. The molecule has 1 saturated carbocycles. The summed E-state index contributed by atoms with van der Waals surface area (Å²) in [5, 5.41) is 11.8. The van der Waals surface area contributed by atoms with Crippen LogP contribution in [0, 0.1) is 11.3 Å². The second-order valence-corrected chi connectivity index (χ2v) is 6.15. The highest BCUT2D eigenvalue weighted by atomic mass is 79.9. The summed E-state index contributed by atoms with van der Waals surface area (Å²) in [6.07, 6.45) is 1.71. The van der Waals surface area contributed by atoms with Crippen LogP contribution in [0.25, 0.3) is 0 Å². The van der Waals surface area contributed by atoms with Crippen molar-refractivity contribution < 1.29 is 4.79 Å². The number of halogens is 1. The van der Waals surface area contributed by atoms with Crippen LogP contribution in [0.2, 0.25) is 0 Å². The van der Waals surface area contributed by atoms with Crippen LogP contribution in [-0.2, 0) is 10.2 Å².